The van der Waals surface area contributed by atoms with Crippen LogP contribution in [-0.2, 0) is 0 Å². The third-order valence-corrected chi connectivity index (χ3v) is 5.47. The number of halogens is 1. The number of para-hydroxylation sites is 1. The fourth-order valence-electron chi connectivity index (χ4n) is 3.78. The highest BCUT2D eigenvalue weighted by Crippen LogP contribution is 2.38. The number of aryl methyl sites for hydroxylation is 1. The highest BCUT2D eigenvalue weighted by atomic mass is 35.5. The minimum absolute atomic E-state index is 0. The van der Waals surface area contributed by atoms with Crippen LogP contribution < -0.4 is 19.1 Å². The second kappa shape index (κ2) is 11.1. The number of methoxy groups -OCH3 is 3. The van der Waals surface area contributed by atoms with Crippen LogP contribution >= 0.6 is 12.4 Å². The van der Waals surface area contributed by atoms with Crippen LogP contribution in [0, 0.1) is 6.92 Å². The van der Waals surface area contributed by atoms with Gasteiger partial charge < -0.3 is 19.1 Å². The summed E-state index contributed by atoms with van der Waals surface area (Å²) in [5, 5.41) is 0. The molecule has 0 atom stereocenters. The van der Waals surface area contributed by atoms with Gasteiger partial charge in [-0.05, 0) is 30.7 Å². The Morgan fingerprint density at radius 2 is 1.53 bits per heavy atom. The van der Waals surface area contributed by atoms with Crippen molar-refractivity contribution in [3.8, 4) is 17.2 Å². The number of ketones is 1. The van der Waals surface area contributed by atoms with Crippen molar-refractivity contribution in [2.75, 3.05) is 59.0 Å². The number of carbonyl (C=O) groups excluding carboxylic acids is 1. The number of anilines is 1. The summed E-state index contributed by atoms with van der Waals surface area (Å²) in [4.78, 5) is 17.5. The Morgan fingerprint density at radius 1 is 0.933 bits per heavy atom. The molecule has 0 N–H and O–H groups in total. The summed E-state index contributed by atoms with van der Waals surface area (Å²) in [6.07, 6.45) is 0.461. The fraction of sp³-hybridized carbons (Fsp3) is 0.435. The number of carbonyl (C=O) groups is 1. The fourth-order valence-corrected chi connectivity index (χ4v) is 3.78. The molecule has 164 valence electrons. The van der Waals surface area contributed by atoms with Gasteiger partial charge in [-0.3, -0.25) is 9.69 Å². The molecular formula is C23H31ClN2O4. The molecule has 6 nitrogen and oxygen atoms in total. The molecule has 2 aromatic rings. The summed E-state index contributed by atoms with van der Waals surface area (Å²) >= 11 is 0. The van der Waals surface area contributed by atoms with Gasteiger partial charge in [0.25, 0.3) is 0 Å². The van der Waals surface area contributed by atoms with Crippen LogP contribution in [-0.4, -0.2) is 64.7 Å². The molecule has 0 unspecified atom stereocenters. The number of Topliss-reactive ketones (excluding diaryl/α,β-unsaturated/α-hetero) is 1. The van der Waals surface area contributed by atoms with E-state index >= 15 is 0 Å². The van der Waals surface area contributed by atoms with E-state index in [1.807, 2.05) is 0 Å². The van der Waals surface area contributed by atoms with Crippen molar-refractivity contribution in [3.05, 3.63) is 47.5 Å². The van der Waals surface area contributed by atoms with Crippen LogP contribution in [0.3, 0.4) is 0 Å². The highest BCUT2D eigenvalue weighted by molar-refractivity contribution is 5.97. The molecule has 0 saturated carbocycles. The maximum atomic E-state index is 12.8. The maximum absolute atomic E-state index is 12.8. The van der Waals surface area contributed by atoms with Gasteiger partial charge >= 0.3 is 0 Å². The third kappa shape index (κ3) is 5.37. The van der Waals surface area contributed by atoms with Crippen LogP contribution in [0.1, 0.15) is 22.3 Å². The first-order valence-corrected chi connectivity index (χ1v) is 9.93. The molecule has 0 spiro atoms. The van der Waals surface area contributed by atoms with E-state index < -0.39 is 0 Å². The molecule has 1 fully saturated rings. The molecule has 1 heterocycles. The molecule has 1 saturated heterocycles. The van der Waals surface area contributed by atoms with Crippen LogP contribution in [0.25, 0.3) is 0 Å². The lowest BCUT2D eigenvalue weighted by atomic mass is 10.1. The Morgan fingerprint density at radius 3 is 2.07 bits per heavy atom. The van der Waals surface area contributed by atoms with E-state index in [4.69, 9.17) is 14.2 Å². The van der Waals surface area contributed by atoms with E-state index in [2.05, 4.69) is 41.0 Å². The van der Waals surface area contributed by atoms with E-state index in [1.54, 1.807) is 33.5 Å². The molecule has 30 heavy (non-hydrogen) atoms. The van der Waals surface area contributed by atoms with Gasteiger partial charge in [-0.25, -0.2) is 0 Å². The SMILES string of the molecule is COc1cc(C(=O)CCN2CCN(c3ccccc3C)CC2)cc(OC)c1OC.Cl. The van der Waals surface area contributed by atoms with Gasteiger partial charge in [0.15, 0.2) is 17.3 Å². The van der Waals surface area contributed by atoms with Crippen LogP contribution in [0.15, 0.2) is 36.4 Å². The Kier molecular flexibility index (Phi) is 8.81. The van der Waals surface area contributed by atoms with Crippen molar-refractivity contribution < 1.29 is 19.0 Å². The molecule has 0 aromatic heterocycles. The summed E-state index contributed by atoms with van der Waals surface area (Å²) in [7, 11) is 4.66. The Hall–Kier alpha value is -2.44. The van der Waals surface area contributed by atoms with Crippen LogP contribution in [0.2, 0.25) is 0 Å². The minimum atomic E-state index is 0. The number of hydrogen-bond donors (Lipinski definition) is 0. The van der Waals surface area contributed by atoms with Crippen LogP contribution in [0.4, 0.5) is 5.69 Å². The predicted octanol–water partition coefficient (Wildman–Crippen LogP) is 3.84. The number of hydrogen-bond acceptors (Lipinski definition) is 6. The lowest BCUT2D eigenvalue weighted by Gasteiger charge is -2.36. The third-order valence-electron chi connectivity index (χ3n) is 5.47. The van der Waals surface area contributed by atoms with Gasteiger partial charge in [-0.1, -0.05) is 18.2 Å². The second-order valence-corrected chi connectivity index (χ2v) is 7.20. The quantitative estimate of drug-likeness (QED) is 0.588. The van der Waals surface area contributed by atoms with Crippen molar-refractivity contribution in [3.63, 3.8) is 0 Å². The van der Waals surface area contributed by atoms with Crippen molar-refractivity contribution in [1.29, 1.82) is 0 Å². The zero-order valence-corrected chi connectivity index (χ0v) is 19.0. The molecule has 0 aliphatic carbocycles. The first kappa shape index (κ1) is 23.8. The molecule has 2 aromatic carbocycles. The Balaban J connectivity index is 0.00000320. The van der Waals surface area contributed by atoms with Crippen molar-refractivity contribution in [2.45, 2.75) is 13.3 Å². The summed E-state index contributed by atoms with van der Waals surface area (Å²) in [5.74, 6) is 1.58. The second-order valence-electron chi connectivity index (χ2n) is 7.20. The van der Waals surface area contributed by atoms with Gasteiger partial charge in [0, 0.05) is 50.4 Å². The molecule has 0 radical (unpaired) electrons. The van der Waals surface area contributed by atoms with E-state index in [-0.39, 0.29) is 18.2 Å². The van der Waals surface area contributed by atoms with Gasteiger partial charge in [0.2, 0.25) is 5.75 Å². The average Bonchev–Trinajstić information content (AvgIpc) is 2.77. The predicted molar refractivity (Wildman–Crippen MR) is 122 cm³/mol. The molecule has 1 aliphatic rings. The van der Waals surface area contributed by atoms with E-state index in [9.17, 15) is 4.79 Å². The molecule has 0 bridgehead atoms. The zero-order chi connectivity index (χ0) is 20.8. The number of piperazine rings is 1. The maximum Gasteiger partial charge on any atom is 0.203 e. The van der Waals surface area contributed by atoms with E-state index in [0.717, 1.165) is 32.7 Å². The highest BCUT2D eigenvalue weighted by Gasteiger charge is 2.21. The van der Waals surface area contributed by atoms with Gasteiger partial charge in [0.1, 0.15) is 0 Å². The van der Waals surface area contributed by atoms with E-state index in [1.165, 1.54) is 11.3 Å². The topological polar surface area (TPSA) is 51.2 Å². The number of rotatable bonds is 8. The normalized spacial score (nSPS) is 14.1. The molecule has 3 rings (SSSR count). The number of nitrogens with zero attached hydrogens (tertiary/aromatic N) is 2. The number of ether oxygens (including phenoxy) is 3. The first-order valence-electron chi connectivity index (χ1n) is 9.93. The lowest BCUT2D eigenvalue weighted by Crippen LogP contribution is -2.47. The summed E-state index contributed by atoms with van der Waals surface area (Å²) in [5.41, 5.74) is 3.19. The van der Waals surface area contributed by atoms with E-state index in [0.29, 0.717) is 29.2 Å². The minimum Gasteiger partial charge on any atom is -0.493 e. The molecule has 0 amide bonds. The smallest absolute Gasteiger partial charge is 0.203 e. The lowest BCUT2D eigenvalue weighted by molar-refractivity contribution is 0.0961. The van der Waals surface area contributed by atoms with Gasteiger partial charge in [-0.2, -0.15) is 0 Å². The summed E-state index contributed by atoms with van der Waals surface area (Å²) in [6.45, 7) is 6.76. The molecule has 1 aliphatic heterocycles. The standard InChI is InChI=1S/C23H30N2O4.ClH/c1-17-7-5-6-8-19(17)25-13-11-24(12-14-25)10-9-20(26)18-15-21(27-2)23(29-4)22(16-18)28-3;/h5-8,15-16H,9-14H2,1-4H3;1H. The molecular weight excluding hydrogens is 404 g/mol. The van der Waals surface area contributed by atoms with Crippen molar-refractivity contribution >= 4 is 23.9 Å². The zero-order valence-electron chi connectivity index (χ0n) is 18.1. The Labute approximate surface area is 185 Å². The van der Waals surface area contributed by atoms with Gasteiger partial charge in [0.05, 0.1) is 21.3 Å². The molecule has 7 heteroatoms. The summed E-state index contributed by atoms with van der Waals surface area (Å²) in [6, 6.07) is 11.9. The van der Waals surface area contributed by atoms with Gasteiger partial charge in [-0.15, -0.1) is 12.4 Å². The van der Waals surface area contributed by atoms with Crippen LogP contribution in [0.5, 0.6) is 17.2 Å². The largest absolute Gasteiger partial charge is 0.493 e. The number of benzene rings is 2. The monoisotopic (exact) mass is 434 g/mol. The van der Waals surface area contributed by atoms with Crippen molar-refractivity contribution in [2.24, 2.45) is 0 Å². The first-order chi connectivity index (χ1) is 14.1. The van der Waals surface area contributed by atoms with Crippen molar-refractivity contribution in [1.82, 2.24) is 4.90 Å². The summed E-state index contributed by atoms with van der Waals surface area (Å²) < 4.78 is 16.0. The Bertz CT molecular complexity index is 826. The average molecular weight is 435 g/mol.